The summed E-state index contributed by atoms with van der Waals surface area (Å²) in [6, 6.07) is 13.8. The van der Waals surface area contributed by atoms with Crippen molar-refractivity contribution in [1.82, 2.24) is 30.1 Å². The van der Waals surface area contributed by atoms with Crippen LogP contribution in [0.25, 0.3) is 22.3 Å². The van der Waals surface area contributed by atoms with Gasteiger partial charge in [-0.3, -0.25) is 14.8 Å². The predicted octanol–water partition coefficient (Wildman–Crippen LogP) is 3.44. The number of nitrogens with one attached hydrogen (secondary N) is 1. The van der Waals surface area contributed by atoms with Crippen molar-refractivity contribution in [3.63, 3.8) is 0 Å². The van der Waals surface area contributed by atoms with Crippen molar-refractivity contribution in [3.05, 3.63) is 65.7 Å². The van der Waals surface area contributed by atoms with E-state index in [1.165, 1.54) is 5.56 Å². The minimum absolute atomic E-state index is 0.0139. The van der Waals surface area contributed by atoms with Gasteiger partial charge in [-0.15, -0.1) is 0 Å². The van der Waals surface area contributed by atoms with E-state index in [2.05, 4.69) is 32.2 Å². The first-order valence-corrected chi connectivity index (χ1v) is 10.5. The maximum atomic E-state index is 13.1. The summed E-state index contributed by atoms with van der Waals surface area (Å²) in [6.07, 6.45) is 1.74. The summed E-state index contributed by atoms with van der Waals surface area (Å²) in [5.74, 6) is 1.22. The van der Waals surface area contributed by atoms with Crippen LogP contribution in [-0.4, -0.2) is 62.2 Å². The first kappa shape index (κ1) is 19.4. The van der Waals surface area contributed by atoms with Crippen LogP contribution in [0.2, 0.25) is 0 Å². The van der Waals surface area contributed by atoms with Crippen molar-refractivity contribution >= 4 is 16.8 Å². The lowest BCUT2D eigenvalue weighted by atomic mass is 10.1. The van der Waals surface area contributed by atoms with Gasteiger partial charge in [0.2, 0.25) is 11.7 Å². The number of fused-ring (bicyclic) bond motifs is 1. The Balaban J connectivity index is 1.25. The Labute approximate surface area is 179 Å². The van der Waals surface area contributed by atoms with Crippen molar-refractivity contribution < 1.29 is 9.32 Å². The molecule has 3 heterocycles. The number of aryl methyl sites for hydroxylation is 1. The van der Waals surface area contributed by atoms with Gasteiger partial charge in [-0.05, 0) is 19.9 Å². The Kier molecular flexibility index (Phi) is 4.99. The molecule has 2 aromatic carbocycles. The Bertz CT molecular complexity index is 1200. The normalized spacial score (nSPS) is 16.0. The smallest absolute Gasteiger partial charge is 0.256 e. The summed E-state index contributed by atoms with van der Waals surface area (Å²) in [4.78, 5) is 21.8. The van der Waals surface area contributed by atoms with Crippen LogP contribution >= 0.6 is 0 Å². The quantitative estimate of drug-likeness (QED) is 0.548. The van der Waals surface area contributed by atoms with Crippen molar-refractivity contribution in [1.29, 1.82) is 0 Å². The van der Waals surface area contributed by atoms with Gasteiger partial charge in [0.25, 0.3) is 5.91 Å². The molecule has 8 nitrogen and oxygen atoms in total. The zero-order chi connectivity index (χ0) is 21.4. The Hall–Kier alpha value is -3.52. The molecule has 1 aliphatic heterocycles. The molecule has 2 aromatic heterocycles. The molecule has 0 saturated carbocycles. The lowest BCUT2D eigenvalue weighted by Gasteiger charge is -2.36. The largest absolute Gasteiger partial charge is 0.337 e. The van der Waals surface area contributed by atoms with E-state index < -0.39 is 0 Å². The van der Waals surface area contributed by atoms with E-state index in [9.17, 15) is 4.79 Å². The van der Waals surface area contributed by atoms with E-state index in [4.69, 9.17) is 4.52 Å². The van der Waals surface area contributed by atoms with E-state index in [0.29, 0.717) is 30.4 Å². The van der Waals surface area contributed by atoms with Crippen molar-refractivity contribution in [2.45, 2.75) is 19.9 Å². The van der Waals surface area contributed by atoms with Crippen molar-refractivity contribution in [2.24, 2.45) is 0 Å². The summed E-state index contributed by atoms with van der Waals surface area (Å²) < 4.78 is 5.55. The van der Waals surface area contributed by atoms with Crippen molar-refractivity contribution in [2.75, 3.05) is 26.2 Å². The van der Waals surface area contributed by atoms with E-state index >= 15 is 0 Å². The average Bonchev–Trinajstić information content (AvgIpc) is 3.48. The van der Waals surface area contributed by atoms with Gasteiger partial charge in [0.15, 0.2) is 0 Å². The van der Waals surface area contributed by atoms with E-state index in [1.54, 1.807) is 6.20 Å². The first-order chi connectivity index (χ1) is 15.1. The van der Waals surface area contributed by atoms with Gasteiger partial charge in [-0.2, -0.15) is 10.1 Å². The molecule has 0 bridgehead atoms. The summed E-state index contributed by atoms with van der Waals surface area (Å²) in [7, 11) is 0. The number of benzene rings is 2. The maximum absolute atomic E-state index is 13.1. The number of piperazine rings is 1. The molecule has 0 aliphatic carbocycles. The molecule has 1 N–H and O–H groups in total. The molecule has 0 radical (unpaired) electrons. The molecule has 1 atom stereocenters. The van der Waals surface area contributed by atoms with Gasteiger partial charge in [0.05, 0.1) is 23.3 Å². The highest BCUT2D eigenvalue weighted by Gasteiger charge is 2.29. The maximum Gasteiger partial charge on any atom is 0.256 e. The number of hydrogen-bond donors (Lipinski definition) is 1. The SMILES string of the molecule is Cc1ccc(-c2noc([C@H](C)N3CCN(C(=O)c4cccc5cn[nH]c45)CC3)n2)cc1. The summed E-state index contributed by atoms with van der Waals surface area (Å²) in [5, 5.41) is 12.1. The number of aromatic amines is 1. The third-order valence-electron chi connectivity index (χ3n) is 5.97. The van der Waals surface area contributed by atoms with E-state index in [1.807, 2.05) is 54.3 Å². The summed E-state index contributed by atoms with van der Waals surface area (Å²) in [5.41, 5.74) is 3.59. The number of amides is 1. The lowest BCUT2D eigenvalue weighted by Crippen LogP contribution is -2.49. The highest BCUT2D eigenvalue weighted by Crippen LogP contribution is 2.25. The van der Waals surface area contributed by atoms with Crippen LogP contribution in [0.4, 0.5) is 0 Å². The highest BCUT2D eigenvalue weighted by molar-refractivity contribution is 6.05. The van der Waals surface area contributed by atoms with Gasteiger partial charge in [0.1, 0.15) is 0 Å². The second kappa shape index (κ2) is 7.96. The molecule has 31 heavy (non-hydrogen) atoms. The minimum atomic E-state index is -0.0139. The van der Waals surface area contributed by atoms with Crippen LogP contribution in [0.3, 0.4) is 0 Å². The standard InChI is InChI=1S/C23H24N6O2/c1-15-6-8-17(9-7-15)21-25-22(31-27-21)16(2)28-10-12-29(13-11-28)23(30)19-5-3-4-18-14-24-26-20(18)19/h3-9,14,16H,10-13H2,1-2H3,(H,24,26)/t16-/m0/s1. The summed E-state index contributed by atoms with van der Waals surface area (Å²) in [6.45, 7) is 6.89. The molecular formula is C23H24N6O2. The van der Waals surface area contributed by atoms with Gasteiger partial charge in [-0.1, -0.05) is 47.1 Å². The van der Waals surface area contributed by atoms with Gasteiger partial charge in [-0.25, -0.2) is 0 Å². The van der Waals surface area contributed by atoms with Crippen LogP contribution in [0.5, 0.6) is 0 Å². The molecule has 4 aromatic rings. The minimum Gasteiger partial charge on any atom is -0.337 e. The fraction of sp³-hybridized carbons (Fsp3) is 0.304. The molecule has 1 aliphatic rings. The molecule has 0 spiro atoms. The fourth-order valence-electron chi connectivity index (χ4n) is 4.01. The van der Waals surface area contributed by atoms with Gasteiger partial charge < -0.3 is 9.42 Å². The van der Waals surface area contributed by atoms with E-state index in [0.717, 1.165) is 29.6 Å². The van der Waals surface area contributed by atoms with Gasteiger partial charge in [0, 0.05) is 37.1 Å². The summed E-state index contributed by atoms with van der Waals surface area (Å²) >= 11 is 0. The highest BCUT2D eigenvalue weighted by atomic mass is 16.5. The monoisotopic (exact) mass is 416 g/mol. The van der Waals surface area contributed by atoms with E-state index in [-0.39, 0.29) is 11.9 Å². The van der Waals surface area contributed by atoms with Crippen LogP contribution in [0.15, 0.2) is 53.2 Å². The number of hydrogen-bond acceptors (Lipinski definition) is 6. The number of rotatable bonds is 4. The van der Waals surface area contributed by atoms with Crippen LogP contribution in [-0.2, 0) is 0 Å². The molecule has 8 heteroatoms. The third kappa shape index (κ3) is 3.70. The number of para-hydroxylation sites is 1. The van der Waals surface area contributed by atoms with Gasteiger partial charge >= 0.3 is 0 Å². The Morgan fingerprint density at radius 2 is 1.87 bits per heavy atom. The molecule has 5 rings (SSSR count). The zero-order valence-corrected chi connectivity index (χ0v) is 17.6. The second-order valence-electron chi connectivity index (χ2n) is 7.97. The van der Waals surface area contributed by atoms with Crippen LogP contribution in [0.1, 0.15) is 34.8 Å². The third-order valence-corrected chi connectivity index (χ3v) is 5.97. The Morgan fingerprint density at radius 1 is 1.10 bits per heavy atom. The molecular weight excluding hydrogens is 392 g/mol. The number of H-pyrrole nitrogens is 1. The number of carbonyl (C=O) groups excluding carboxylic acids is 1. The molecule has 158 valence electrons. The number of carbonyl (C=O) groups is 1. The first-order valence-electron chi connectivity index (χ1n) is 10.5. The van der Waals surface area contributed by atoms with Crippen LogP contribution in [0, 0.1) is 6.92 Å². The zero-order valence-electron chi connectivity index (χ0n) is 17.6. The number of aromatic nitrogens is 4. The molecule has 1 saturated heterocycles. The average molecular weight is 416 g/mol. The molecule has 1 amide bonds. The topological polar surface area (TPSA) is 91.2 Å². The molecule has 1 fully saturated rings. The van der Waals surface area contributed by atoms with Crippen LogP contribution < -0.4 is 0 Å². The second-order valence-corrected chi connectivity index (χ2v) is 7.97. The predicted molar refractivity (Wildman–Crippen MR) is 116 cm³/mol. The van der Waals surface area contributed by atoms with Crippen molar-refractivity contribution in [3.8, 4) is 11.4 Å². The molecule has 0 unspecified atom stereocenters. The number of nitrogens with zero attached hydrogens (tertiary/aromatic N) is 5. The fourth-order valence-corrected chi connectivity index (χ4v) is 4.01. The lowest BCUT2D eigenvalue weighted by molar-refractivity contribution is 0.0553. The Morgan fingerprint density at radius 3 is 2.65 bits per heavy atom.